The highest BCUT2D eigenvalue weighted by molar-refractivity contribution is 6.40. The number of fused-ring (bicyclic) bond motifs is 1. The van der Waals surface area contributed by atoms with Gasteiger partial charge in [-0.25, -0.2) is 10.8 Å². The number of nitrogens with one attached hydrogen (secondary N) is 1. The number of amidine groups is 1. The first kappa shape index (κ1) is 14.1. The van der Waals surface area contributed by atoms with E-state index < -0.39 is 0 Å². The van der Waals surface area contributed by atoms with Gasteiger partial charge in [0.2, 0.25) is 0 Å². The number of hydrazine groups is 1. The Hall–Kier alpha value is -1.88. The highest BCUT2D eigenvalue weighted by Crippen LogP contribution is 2.32. The third-order valence-electron chi connectivity index (χ3n) is 3.17. The van der Waals surface area contributed by atoms with E-state index in [2.05, 4.69) is 15.4 Å². The molecule has 2 aromatic carbocycles. The van der Waals surface area contributed by atoms with Crippen molar-refractivity contribution >= 4 is 40.4 Å². The molecule has 0 amide bonds. The second kappa shape index (κ2) is 5.85. The third kappa shape index (κ3) is 2.65. The van der Waals surface area contributed by atoms with E-state index in [0.717, 1.165) is 16.8 Å². The molecule has 6 heteroatoms. The largest absolute Gasteiger partial charge is 0.310 e. The number of rotatable bonds is 1. The van der Waals surface area contributed by atoms with Crippen LogP contribution < -0.4 is 11.3 Å². The molecule has 3 rings (SSSR count). The summed E-state index contributed by atoms with van der Waals surface area (Å²) in [4.78, 5) is 9.05. The van der Waals surface area contributed by atoms with Crippen molar-refractivity contribution in [3.05, 3.63) is 63.6 Å². The Labute approximate surface area is 132 Å². The Kier molecular flexibility index (Phi) is 3.92. The van der Waals surface area contributed by atoms with Gasteiger partial charge in [0, 0.05) is 16.1 Å². The van der Waals surface area contributed by atoms with Crippen LogP contribution in [0.25, 0.3) is 0 Å². The molecule has 0 atom stereocenters. The van der Waals surface area contributed by atoms with Gasteiger partial charge in [-0.05, 0) is 18.2 Å². The predicted molar refractivity (Wildman–Crippen MR) is 87.8 cm³/mol. The highest BCUT2D eigenvalue weighted by atomic mass is 35.5. The van der Waals surface area contributed by atoms with Crippen molar-refractivity contribution in [3.8, 4) is 0 Å². The number of halogens is 2. The number of hydrogen-bond donors (Lipinski definition) is 2. The second-order valence-corrected chi connectivity index (χ2v) is 5.30. The monoisotopic (exact) mass is 318 g/mol. The van der Waals surface area contributed by atoms with Crippen LogP contribution in [-0.4, -0.2) is 18.1 Å². The number of aliphatic imine (C=N–C) groups is 2. The number of nitrogens with zero attached hydrogens (tertiary/aromatic N) is 2. The van der Waals surface area contributed by atoms with E-state index in [9.17, 15) is 0 Å². The van der Waals surface area contributed by atoms with Crippen LogP contribution in [0, 0.1) is 0 Å². The van der Waals surface area contributed by atoms with Crippen molar-refractivity contribution in [2.75, 3.05) is 6.54 Å². The molecule has 0 fully saturated rings. The molecule has 0 saturated heterocycles. The molecule has 0 radical (unpaired) electrons. The zero-order chi connectivity index (χ0) is 14.8. The maximum absolute atomic E-state index is 6.36. The van der Waals surface area contributed by atoms with E-state index in [1.54, 1.807) is 0 Å². The minimum Gasteiger partial charge on any atom is -0.310 e. The fourth-order valence-electron chi connectivity index (χ4n) is 2.21. The zero-order valence-electron chi connectivity index (χ0n) is 11.0. The first-order valence-electron chi connectivity index (χ1n) is 6.33. The average Bonchev–Trinajstić information content (AvgIpc) is 2.68. The van der Waals surface area contributed by atoms with Gasteiger partial charge >= 0.3 is 0 Å². The van der Waals surface area contributed by atoms with Crippen LogP contribution in [0.3, 0.4) is 0 Å². The summed E-state index contributed by atoms with van der Waals surface area (Å²) in [6, 6.07) is 13.0. The van der Waals surface area contributed by atoms with Crippen LogP contribution in [0.1, 0.15) is 11.1 Å². The molecule has 106 valence electrons. The maximum atomic E-state index is 6.36. The van der Waals surface area contributed by atoms with Gasteiger partial charge in [-0.3, -0.25) is 4.99 Å². The highest BCUT2D eigenvalue weighted by Gasteiger charge is 2.20. The molecule has 0 saturated carbocycles. The van der Waals surface area contributed by atoms with Gasteiger partial charge in [-0.15, -0.1) is 0 Å². The average molecular weight is 319 g/mol. The van der Waals surface area contributed by atoms with E-state index in [1.807, 2.05) is 42.5 Å². The third-order valence-corrected chi connectivity index (χ3v) is 3.81. The van der Waals surface area contributed by atoms with E-state index in [1.165, 1.54) is 0 Å². The van der Waals surface area contributed by atoms with Crippen LogP contribution in [0.4, 0.5) is 5.69 Å². The van der Waals surface area contributed by atoms with Gasteiger partial charge in [0.05, 0.1) is 23.0 Å². The predicted octanol–water partition coefficient (Wildman–Crippen LogP) is 3.34. The summed E-state index contributed by atoms with van der Waals surface area (Å²) in [7, 11) is 0. The molecular weight excluding hydrogens is 307 g/mol. The van der Waals surface area contributed by atoms with Crippen molar-refractivity contribution in [2.45, 2.75) is 0 Å². The summed E-state index contributed by atoms with van der Waals surface area (Å²) < 4.78 is 0. The molecule has 3 N–H and O–H groups in total. The molecule has 1 aliphatic heterocycles. The normalized spacial score (nSPS) is 13.9. The van der Waals surface area contributed by atoms with Crippen molar-refractivity contribution < 1.29 is 0 Å². The van der Waals surface area contributed by atoms with Crippen LogP contribution in [0.15, 0.2) is 52.4 Å². The maximum Gasteiger partial charge on any atom is 0.138 e. The minimum absolute atomic E-state index is 0.335. The summed E-state index contributed by atoms with van der Waals surface area (Å²) in [5, 5.41) is 1.19. The quantitative estimate of drug-likeness (QED) is 0.625. The lowest BCUT2D eigenvalue weighted by atomic mass is 10.0. The van der Waals surface area contributed by atoms with E-state index >= 15 is 0 Å². The van der Waals surface area contributed by atoms with Crippen molar-refractivity contribution in [2.24, 2.45) is 15.8 Å². The van der Waals surface area contributed by atoms with Gasteiger partial charge in [0.15, 0.2) is 0 Å². The molecule has 21 heavy (non-hydrogen) atoms. The van der Waals surface area contributed by atoms with Gasteiger partial charge in [-0.2, -0.15) is 0 Å². The molecular formula is C15H12Cl2N4. The van der Waals surface area contributed by atoms with Gasteiger partial charge in [0.25, 0.3) is 0 Å². The van der Waals surface area contributed by atoms with Crippen molar-refractivity contribution in [1.82, 2.24) is 5.43 Å². The van der Waals surface area contributed by atoms with Crippen molar-refractivity contribution in [1.29, 1.82) is 0 Å². The van der Waals surface area contributed by atoms with Gasteiger partial charge in [-0.1, -0.05) is 47.5 Å². The Morgan fingerprint density at radius 2 is 1.76 bits per heavy atom. The number of benzene rings is 2. The van der Waals surface area contributed by atoms with Crippen LogP contribution in [-0.2, 0) is 0 Å². The van der Waals surface area contributed by atoms with Crippen LogP contribution in [0.5, 0.6) is 0 Å². The Morgan fingerprint density at radius 3 is 2.52 bits per heavy atom. The van der Waals surface area contributed by atoms with Crippen molar-refractivity contribution in [3.63, 3.8) is 0 Å². The molecule has 1 heterocycles. The summed E-state index contributed by atoms with van der Waals surface area (Å²) in [6.45, 7) is 0.335. The van der Waals surface area contributed by atoms with Gasteiger partial charge in [0.1, 0.15) is 5.84 Å². The lowest BCUT2D eigenvalue weighted by molar-refractivity contribution is 0.992. The van der Waals surface area contributed by atoms with E-state index in [4.69, 9.17) is 29.0 Å². The number of nitrogens with two attached hydrogens (primary N) is 1. The topological polar surface area (TPSA) is 62.8 Å². The summed E-state index contributed by atoms with van der Waals surface area (Å²) >= 11 is 12.7. The zero-order valence-corrected chi connectivity index (χ0v) is 12.5. The smallest absolute Gasteiger partial charge is 0.138 e. The van der Waals surface area contributed by atoms with E-state index in [-0.39, 0.29) is 0 Å². The lowest BCUT2D eigenvalue weighted by Gasteiger charge is -2.11. The SMILES string of the molecule is NNC1=Nc2cccc(Cl)c2C(c2ccccc2Cl)=NC1. The Balaban J connectivity index is 2.25. The minimum atomic E-state index is 0.335. The van der Waals surface area contributed by atoms with Gasteiger partial charge < -0.3 is 5.43 Å². The van der Waals surface area contributed by atoms with E-state index in [0.29, 0.717) is 28.1 Å². The molecule has 0 unspecified atom stereocenters. The first-order chi connectivity index (χ1) is 10.2. The standard InChI is InChI=1S/C15H12Cl2N4/c16-10-5-2-1-4-9(10)15-14-11(17)6-3-7-12(14)20-13(21-18)8-19-15/h1-7H,8,18H2,(H,20,21). The summed E-state index contributed by atoms with van der Waals surface area (Å²) in [5.74, 6) is 6.04. The molecule has 0 spiro atoms. The molecule has 1 aliphatic rings. The summed E-state index contributed by atoms with van der Waals surface area (Å²) in [5.41, 5.74) is 5.57. The molecule has 0 aromatic heterocycles. The molecule has 2 aromatic rings. The lowest BCUT2D eigenvalue weighted by Crippen LogP contribution is -2.32. The van der Waals surface area contributed by atoms with Crippen LogP contribution >= 0.6 is 23.2 Å². The Morgan fingerprint density at radius 1 is 1.00 bits per heavy atom. The Bertz CT molecular complexity index is 753. The molecule has 4 nitrogen and oxygen atoms in total. The first-order valence-corrected chi connectivity index (χ1v) is 7.08. The molecule has 0 aliphatic carbocycles. The fourth-order valence-corrected chi connectivity index (χ4v) is 2.69. The van der Waals surface area contributed by atoms with Crippen LogP contribution in [0.2, 0.25) is 10.0 Å². The fraction of sp³-hybridized carbons (Fsp3) is 0.0667. The summed E-state index contributed by atoms with van der Waals surface area (Å²) in [6.07, 6.45) is 0. The second-order valence-electron chi connectivity index (χ2n) is 4.48. The molecule has 0 bridgehead atoms. The number of hydrogen-bond acceptors (Lipinski definition) is 4.